The molecule has 4 rings (SSSR count). The third kappa shape index (κ3) is 4.44. The Hall–Kier alpha value is -2.67. The lowest BCUT2D eigenvalue weighted by atomic mass is 10.00. The highest BCUT2D eigenvalue weighted by molar-refractivity contribution is 7.91. The highest BCUT2D eigenvalue weighted by Crippen LogP contribution is 2.38. The maximum atomic E-state index is 14.1. The molecule has 0 aliphatic heterocycles. The summed E-state index contributed by atoms with van der Waals surface area (Å²) in [7, 11) is -3.59. The fourth-order valence-electron chi connectivity index (χ4n) is 3.42. The van der Waals surface area contributed by atoms with Crippen LogP contribution in [0.15, 0.2) is 65.6 Å². The number of pyridine rings is 1. The number of halogens is 3. The number of aryl methyl sites for hydroxylation is 1. The fourth-order valence-corrected chi connectivity index (χ4v) is 4.77. The summed E-state index contributed by atoms with van der Waals surface area (Å²) in [4.78, 5) is 4.40. The molecule has 0 aliphatic carbocycles. The van der Waals surface area contributed by atoms with Gasteiger partial charge in [0, 0.05) is 27.7 Å². The Morgan fingerprint density at radius 1 is 0.938 bits per heavy atom. The molecule has 1 heterocycles. The molecule has 3 aromatic carbocycles. The van der Waals surface area contributed by atoms with Crippen molar-refractivity contribution in [2.24, 2.45) is 0 Å². The van der Waals surface area contributed by atoms with Crippen LogP contribution in [0.1, 0.15) is 12.6 Å². The summed E-state index contributed by atoms with van der Waals surface area (Å²) in [6.07, 6.45) is 0. The maximum Gasteiger partial charge on any atom is 0.178 e. The van der Waals surface area contributed by atoms with Crippen LogP contribution in [-0.4, -0.2) is 19.2 Å². The van der Waals surface area contributed by atoms with E-state index in [0.717, 1.165) is 28.8 Å². The van der Waals surface area contributed by atoms with Crippen molar-refractivity contribution >= 4 is 43.9 Å². The Morgan fingerprint density at radius 2 is 1.72 bits per heavy atom. The zero-order valence-corrected chi connectivity index (χ0v) is 19.5. The second-order valence-corrected chi connectivity index (χ2v) is 10.3. The van der Waals surface area contributed by atoms with Crippen molar-refractivity contribution in [2.75, 3.05) is 5.75 Å². The monoisotopic (exact) mass is 489 g/mol. The van der Waals surface area contributed by atoms with E-state index in [1.165, 1.54) is 13.0 Å². The molecular weight excluding hydrogens is 472 g/mol. The highest BCUT2D eigenvalue weighted by atomic mass is 35.5. The van der Waals surface area contributed by atoms with Crippen LogP contribution in [0.3, 0.4) is 0 Å². The normalized spacial score (nSPS) is 11.7. The highest BCUT2D eigenvalue weighted by Gasteiger charge is 2.16. The Kier molecular flexibility index (Phi) is 6.12. The summed E-state index contributed by atoms with van der Waals surface area (Å²) in [6.45, 7) is 3.36. The van der Waals surface area contributed by atoms with Gasteiger partial charge in [0.25, 0.3) is 0 Å². The van der Waals surface area contributed by atoms with Crippen LogP contribution < -0.4 is 4.74 Å². The Balaban J connectivity index is 1.81. The molecule has 0 amide bonds. The number of nitrogens with zero attached hydrogens (tertiary/aromatic N) is 1. The molecule has 164 valence electrons. The first-order valence-corrected chi connectivity index (χ1v) is 12.2. The van der Waals surface area contributed by atoms with Gasteiger partial charge in [-0.05, 0) is 55.0 Å². The lowest BCUT2D eigenvalue weighted by molar-refractivity contribution is 0.474. The first kappa shape index (κ1) is 22.5. The molecule has 32 heavy (non-hydrogen) atoms. The van der Waals surface area contributed by atoms with Crippen molar-refractivity contribution in [3.8, 4) is 22.6 Å². The quantitative estimate of drug-likeness (QED) is 0.296. The van der Waals surface area contributed by atoms with Crippen LogP contribution in [0.2, 0.25) is 10.0 Å². The van der Waals surface area contributed by atoms with Crippen LogP contribution in [0.25, 0.3) is 22.0 Å². The smallest absolute Gasteiger partial charge is 0.178 e. The summed E-state index contributed by atoms with van der Waals surface area (Å²) in [5.74, 6) is -0.393. The molecule has 1 aromatic heterocycles. The SMILES string of the molecule is CCS(=O)(=O)c1cc(F)cc(Oc2ccc(Cl)c(-c3cc(C)nc4c(Cl)cccc34)c2)c1. The van der Waals surface area contributed by atoms with Gasteiger partial charge in [0.05, 0.1) is 21.2 Å². The molecule has 4 aromatic rings. The van der Waals surface area contributed by atoms with Gasteiger partial charge in [0.2, 0.25) is 0 Å². The van der Waals surface area contributed by atoms with Gasteiger partial charge in [-0.2, -0.15) is 0 Å². The summed E-state index contributed by atoms with van der Waals surface area (Å²) >= 11 is 12.8. The van der Waals surface area contributed by atoms with Crippen molar-refractivity contribution in [3.05, 3.63) is 82.2 Å². The lowest BCUT2D eigenvalue weighted by Crippen LogP contribution is -2.04. The average molecular weight is 490 g/mol. The molecule has 0 spiro atoms. The largest absolute Gasteiger partial charge is 0.457 e. The van der Waals surface area contributed by atoms with Crippen molar-refractivity contribution in [1.29, 1.82) is 0 Å². The van der Waals surface area contributed by atoms with E-state index in [1.54, 1.807) is 24.3 Å². The minimum absolute atomic E-state index is 0.0732. The second-order valence-electron chi connectivity index (χ2n) is 7.22. The van der Waals surface area contributed by atoms with Crippen molar-refractivity contribution in [1.82, 2.24) is 4.98 Å². The molecule has 0 atom stereocenters. The van der Waals surface area contributed by atoms with Crippen LogP contribution >= 0.6 is 23.2 Å². The molecule has 0 radical (unpaired) electrons. The van der Waals surface area contributed by atoms with E-state index in [-0.39, 0.29) is 16.4 Å². The summed E-state index contributed by atoms with van der Waals surface area (Å²) in [5.41, 5.74) is 2.92. The molecule has 0 saturated heterocycles. The Labute approximate surface area is 195 Å². The topological polar surface area (TPSA) is 56.3 Å². The molecule has 8 heteroatoms. The first-order valence-electron chi connectivity index (χ1n) is 9.75. The van der Waals surface area contributed by atoms with Gasteiger partial charge in [-0.1, -0.05) is 42.3 Å². The summed E-state index contributed by atoms with van der Waals surface area (Å²) in [6, 6.07) is 15.9. The van der Waals surface area contributed by atoms with Gasteiger partial charge < -0.3 is 4.74 Å². The predicted molar refractivity (Wildman–Crippen MR) is 126 cm³/mol. The molecule has 0 N–H and O–H groups in total. The molecule has 0 unspecified atom stereocenters. The zero-order chi connectivity index (χ0) is 23.0. The average Bonchev–Trinajstić information content (AvgIpc) is 2.75. The number of hydrogen-bond acceptors (Lipinski definition) is 4. The lowest BCUT2D eigenvalue weighted by Gasteiger charge is -2.13. The van der Waals surface area contributed by atoms with E-state index >= 15 is 0 Å². The van der Waals surface area contributed by atoms with Gasteiger partial charge in [-0.3, -0.25) is 4.98 Å². The van der Waals surface area contributed by atoms with E-state index in [1.807, 2.05) is 25.1 Å². The maximum absolute atomic E-state index is 14.1. The molecule has 0 aliphatic rings. The number of sulfone groups is 1. The van der Waals surface area contributed by atoms with E-state index < -0.39 is 15.7 Å². The van der Waals surface area contributed by atoms with Crippen molar-refractivity contribution in [2.45, 2.75) is 18.7 Å². The molecule has 0 bridgehead atoms. The van der Waals surface area contributed by atoms with Gasteiger partial charge in [-0.15, -0.1) is 0 Å². The number of benzene rings is 3. The minimum atomic E-state index is -3.59. The first-order chi connectivity index (χ1) is 15.2. The number of rotatable bonds is 5. The van der Waals surface area contributed by atoms with E-state index in [9.17, 15) is 12.8 Å². The Morgan fingerprint density at radius 3 is 2.47 bits per heavy atom. The van der Waals surface area contributed by atoms with Crippen molar-refractivity contribution in [3.63, 3.8) is 0 Å². The third-order valence-corrected chi connectivity index (χ3v) is 7.31. The van der Waals surface area contributed by atoms with Crippen LogP contribution in [0.4, 0.5) is 4.39 Å². The number of ether oxygens (including phenoxy) is 1. The van der Waals surface area contributed by atoms with Gasteiger partial charge >= 0.3 is 0 Å². The zero-order valence-electron chi connectivity index (χ0n) is 17.2. The minimum Gasteiger partial charge on any atom is -0.457 e. The van der Waals surface area contributed by atoms with Crippen LogP contribution in [0.5, 0.6) is 11.5 Å². The Bertz CT molecular complexity index is 1460. The third-order valence-electron chi connectivity index (χ3n) is 4.97. The fraction of sp³-hybridized carbons (Fsp3) is 0.125. The standard InChI is InChI=1S/C24H18Cl2FNO3S/c1-3-32(29,30)18-11-15(27)10-17(12-18)31-16-7-8-22(25)21(13-16)20-9-14(2)28-24-19(20)5-4-6-23(24)26/h4-13H,3H2,1-2H3. The van der Waals surface area contributed by atoms with Gasteiger partial charge in [0.15, 0.2) is 9.84 Å². The number of fused-ring (bicyclic) bond motifs is 1. The van der Waals surface area contributed by atoms with Gasteiger partial charge in [-0.25, -0.2) is 12.8 Å². The van der Waals surface area contributed by atoms with E-state index in [0.29, 0.717) is 26.9 Å². The van der Waals surface area contributed by atoms with Crippen LogP contribution in [0, 0.1) is 12.7 Å². The number of hydrogen-bond donors (Lipinski definition) is 0. The van der Waals surface area contributed by atoms with Crippen molar-refractivity contribution < 1.29 is 17.5 Å². The van der Waals surface area contributed by atoms with E-state index in [2.05, 4.69) is 4.98 Å². The molecule has 0 saturated carbocycles. The number of para-hydroxylation sites is 1. The molecular formula is C24H18Cl2FNO3S. The predicted octanol–water partition coefficient (Wildman–Crippen LogP) is 7.24. The summed E-state index contributed by atoms with van der Waals surface area (Å²) < 4.78 is 44.2. The van der Waals surface area contributed by atoms with Gasteiger partial charge in [0.1, 0.15) is 17.3 Å². The van der Waals surface area contributed by atoms with E-state index in [4.69, 9.17) is 27.9 Å². The summed E-state index contributed by atoms with van der Waals surface area (Å²) in [5, 5.41) is 1.84. The number of aromatic nitrogens is 1. The second kappa shape index (κ2) is 8.70. The molecule has 0 fully saturated rings. The van der Waals surface area contributed by atoms with Crippen LogP contribution in [-0.2, 0) is 9.84 Å². The molecule has 4 nitrogen and oxygen atoms in total.